The highest BCUT2D eigenvalue weighted by Crippen LogP contribution is 2.27. The average molecular weight is 316 g/mol. The summed E-state index contributed by atoms with van der Waals surface area (Å²) in [4.78, 5) is 23.2. The van der Waals surface area contributed by atoms with Crippen LogP contribution in [0.5, 0.6) is 11.5 Å². The Hall–Kier alpha value is -2.63. The molecule has 1 aromatic carbocycles. The van der Waals surface area contributed by atoms with Crippen LogP contribution in [-0.4, -0.2) is 27.8 Å². The standard InChI is InChI=1S/C17H20N2O4/c1-11(20)15-16(22)14(21)9-19(18-15)10-17(2,3)12-5-7-13(23-4)8-6-12/h5-9,21H,10H2,1-4H3. The first-order valence-electron chi connectivity index (χ1n) is 7.21. The van der Waals surface area contributed by atoms with Crippen LogP contribution in [0, 0.1) is 0 Å². The number of aromatic hydroxyl groups is 1. The summed E-state index contributed by atoms with van der Waals surface area (Å²) in [7, 11) is 1.61. The number of carbonyl (C=O) groups is 1. The summed E-state index contributed by atoms with van der Waals surface area (Å²) in [5.41, 5.74) is -0.274. The van der Waals surface area contributed by atoms with Crippen molar-refractivity contribution in [2.24, 2.45) is 0 Å². The van der Waals surface area contributed by atoms with Crippen LogP contribution in [0.15, 0.2) is 35.3 Å². The highest BCUT2D eigenvalue weighted by atomic mass is 16.5. The molecule has 122 valence electrons. The summed E-state index contributed by atoms with van der Waals surface area (Å²) in [6.07, 6.45) is 1.25. The average Bonchev–Trinajstić information content (AvgIpc) is 2.50. The van der Waals surface area contributed by atoms with Gasteiger partial charge in [0.25, 0.3) is 5.43 Å². The van der Waals surface area contributed by atoms with Gasteiger partial charge in [0.15, 0.2) is 17.2 Å². The fourth-order valence-corrected chi connectivity index (χ4v) is 2.37. The number of nitrogens with zero attached hydrogens (tertiary/aromatic N) is 2. The second-order valence-corrected chi connectivity index (χ2v) is 6.06. The van der Waals surface area contributed by atoms with Gasteiger partial charge in [0.2, 0.25) is 0 Å². The van der Waals surface area contributed by atoms with E-state index in [1.807, 2.05) is 38.1 Å². The Labute approximate surface area is 134 Å². The van der Waals surface area contributed by atoms with Crippen molar-refractivity contribution >= 4 is 5.78 Å². The number of Topliss-reactive ketones (excluding diaryl/α,β-unsaturated/α-hetero) is 1. The van der Waals surface area contributed by atoms with E-state index in [9.17, 15) is 14.7 Å². The number of hydrogen-bond donors (Lipinski definition) is 1. The van der Waals surface area contributed by atoms with Gasteiger partial charge in [-0.3, -0.25) is 14.3 Å². The zero-order valence-electron chi connectivity index (χ0n) is 13.7. The van der Waals surface area contributed by atoms with E-state index in [2.05, 4.69) is 5.10 Å². The van der Waals surface area contributed by atoms with Gasteiger partial charge in [0, 0.05) is 12.3 Å². The second-order valence-electron chi connectivity index (χ2n) is 6.06. The Morgan fingerprint density at radius 3 is 2.43 bits per heavy atom. The van der Waals surface area contributed by atoms with Crippen molar-refractivity contribution in [3.05, 3.63) is 51.9 Å². The van der Waals surface area contributed by atoms with Crippen LogP contribution in [0.4, 0.5) is 0 Å². The fraction of sp³-hybridized carbons (Fsp3) is 0.353. The van der Waals surface area contributed by atoms with Crippen molar-refractivity contribution in [2.75, 3.05) is 7.11 Å². The molecule has 0 bridgehead atoms. The number of ether oxygens (including phenoxy) is 1. The predicted molar refractivity (Wildman–Crippen MR) is 86.2 cm³/mol. The summed E-state index contributed by atoms with van der Waals surface area (Å²) < 4.78 is 6.58. The number of rotatable bonds is 5. The molecule has 6 heteroatoms. The van der Waals surface area contributed by atoms with Gasteiger partial charge in [-0.25, -0.2) is 0 Å². The molecule has 2 aromatic rings. The normalized spacial score (nSPS) is 11.3. The maximum atomic E-state index is 11.7. The van der Waals surface area contributed by atoms with E-state index in [0.717, 1.165) is 11.3 Å². The molecule has 1 N–H and O–H groups in total. The predicted octanol–water partition coefficient (Wildman–Crippen LogP) is 2.14. The van der Waals surface area contributed by atoms with Crippen LogP contribution >= 0.6 is 0 Å². The molecule has 2 rings (SSSR count). The number of benzene rings is 1. The van der Waals surface area contributed by atoms with Crippen molar-refractivity contribution in [3.8, 4) is 11.5 Å². The van der Waals surface area contributed by atoms with Gasteiger partial charge < -0.3 is 9.84 Å². The van der Waals surface area contributed by atoms with Crippen molar-refractivity contribution in [2.45, 2.75) is 32.7 Å². The van der Waals surface area contributed by atoms with E-state index in [1.165, 1.54) is 17.8 Å². The van der Waals surface area contributed by atoms with Gasteiger partial charge in [0.1, 0.15) is 5.75 Å². The smallest absolute Gasteiger partial charge is 0.252 e. The zero-order chi connectivity index (χ0) is 17.2. The lowest BCUT2D eigenvalue weighted by molar-refractivity contribution is 0.100. The van der Waals surface area contributed by atoms with Crippen LogP contribution in [0.1, 0.15) is 36.8 Å². The summed E-state index contributed by atoms with van der Waals surface area (Å²) in [5.74, 6) is -0.180. The third-order valence-electron chi connectivity index (χ3n) is 3.71. The summed E-state index contributed by atoms with van der Waals surface area (Å²) in [6, 6.07) is 7.64. The minimum absolute atomic E-state index is 0.254. The Morgan fingerprint density at radius 2 is 1.91 bits per heavy atom. The van der Waals surface area contributed by atoms with Gasteiger partial charge in [-0.1, -0.05) is 26.0 Å². The van der Waals surface area contributed by atoms with E-state index < -0.39 is 17.0 Å². The molecule has 6 nitrogen and oxygen atoms in total. The van der Waals surface area contributed by atoms with Crippen LogP contribution < -0.4 is 10.2 Å². The molecule has 0 aliphatic rings. The van der Waals surface area contributed by atoms with Crippen molar-refractivity contribution < 1.29 is 14.6 Å². The first kappa shape index (κ1) is 16.7. The number of ketones is 1. The first-order chi connectivity index (χ1) is 10.7. The van der Waals surface area contributed by atoms with E-state index in [-0.39, 0.29) is 11.1 Å². The molecule has 0 spiro atoms. The minimum atomic E-state index is -0.740. The number of hydrogen-bond acceptors (Lipinski definition) is 5. The lowest BCUT2D eigenvalue weighted by Gasteiger charge is -2.26. The van der Waals surface area contributed by atoms with E-state index in [0.29, 0.717) is 6.54 Å². The molecule has 0 saturated carbocycles. The number of aromatic nitrogens is 2. The molecule has 1 heterocycles. The van der Waals surface area contributed by atoms with Gasteiger partial charge in [-0.2, -0.15) is 5.10 Å². The molecular formula is C17H20N2O4. The maximum Gasteiger partial charge on any atom is 0.252 e. The summed E-state index contributed by atoms with van der Waals surface area (Å²) in [6.45, 7) is 5.67. The second kappa shape index (κ2) is 6.24. The summed E-state index contributed by atoms with van der Waals surface area (Å²) in [5, 5.41) is 13.8. The topological polar surface area (TPSA) is 81.4 Å². The molecule has 0 aliphatic heterocycles. The van der Waals surface area contributed by atoms with Gasteiger partial charge in [0.05, 0.1) is 19.9 Å². The fourth-order valence-electron chi connectivity index (χ4n) is 2.37. The van der Waals surface area contributed by atoms with Crippen molar-refractivity contribution in [1.82, 2.24) is 9.78 Å². The van der Waals surface area contributed by atoms with Crippen LogP contribution in [0.2, 0.25) is 0 Å². The van der Waals surface area contributed by atoms with Gasteiger partial charge >= 0.3 is 0 Å². The summed E-state index contributed by atoms with van der Waals surface area (Å²) >= 11 is 0. The van der Waals surface area contributed by atoms with Gasteiger partial charge in [-0.05, 0) is 17.7 Å². The molecule has 0 radical (unpaired) electrons. The molecule has 23 heavy (non-hydrogen) atoms. The SMILES string of the molecule is COc1ccc(C(C)(C)Cn2cc(O)c(=O)c(C(C)=O)n2)cc1. The third-order valence-corrected chi connectivity index (χ3v) is 3.71. The molecule has 0 aliphatic carbocycles. The number of carbonyl (C=O) groups excluding carboxylic acids is 1. The molecule has 0 atom stereocenters. The van der Waals surface area contributed by atoms with E-state index in [4.69, 9.17) is 4.74 Å². The Morgan fingerprint density at radius 1 is 1.30 bits per heavy atom. The lowest BCUT2D eigenvalue weighted by atomic mass is 9.84. The van der Waals surface area contributed by atoms with Crippen LogP contribution in [0.3, 0.4) is 0 Å². The maximum absolute atomic E-state index is 11.7. The Balaban J connectivity index is 2.36. The highest BCUT2D eigenvalue weighted by molar-refractivity contribution is 5.92. The molecule has 0 amide bonds. The largest absolute Gasteiger partial charge is 0.503 e. The lowest BCUT2D eigenvalue weighted by Crippen LogP contribution is -2.28. The Bertz CT molecular complexity index is 776. The molecule has 1 aromatic heterocycles. The zero-order valence-corrected chi connectivity index (χ0v) is 13.7. The monoisotopic (exact) mass is 316 g/mol. The van der Waals surface area contributed by atoms with Crippen molar-refractivity contribution in [3.63, 3.8) is 0 Å². The highest BCUT2D eigenvalue weighted by Gasteiger charge is 2.23. The van der Waals surface area contributed by atoms with Gasteiger partial charge in [-0.15, -0.1) is 0 Å². The molecule has 0 unspecified atom stereocenters. The quantitative estimate of drug-likeness (QED) is 0.855. The van der Waals surface area contributed by atoms with Crippen molar-refractivity contribution in [1.29, 1.82) is 0 Å². The molecule has 0 saturated heterocycles. The first-order valence-corrected chi connectivity index (χ1v) is 7.21. The minimum Gasteiger partial charge on any atom is -0.503 e. The van der Waals surface area contributed by atoms with E-state index in [1.54, 1.807) is 7.11 Å². The van der Waals surface area contributed by atoms with Crippen LogP contribution in [0.25, 0.3) is 0 Å². The van der Waals surface area contributed by atoms with Crippen LogP contribution in [-0.2, 0) is 12.0 Å². The third kappa shape index (κ3) is 3.59. The molecular weight excluding hydrogens is 296 g/mol. The molecule has 0 fully saturated rings. The Kier molecular flexibility index (Phi) is 4.54. The number of methoxy groups -OCH3 is 1. The van der Waals surface area contributed by atoms with E-state index >= 15 is 0 Å².